The van der Waals surface area contributed by atoms with Crippen LogP contribution in [0.3, 0.4) is 0 Å². The highest BCUT2D eigenvalue weighted by Gasteiger charge is 2.18. The molecule has 2 amide bonds. The van der Waals surface area contributed by atoms with Gasteiger partial charge in [0.2, 0.25) is 0 Å². The topological polar surface area (TPSA) is 88.7 Å². The fourth-order valence-electron chi connectivity index (χ4n) is 2.46. The Balaban J connectivity index is 1.51. The van der Waals surface area contributed by atoms with Gasteiger partial charge in [0.05, 0.1) is 12.1 Å². The molecule has 2 aromatic carbocycles. The summed E-state index contributed by atoms with van der Waals surface area (Å²) >= 11 is 12.6. The van der Waals surface area contributed by atoms with E-state index < -0.39 is 11.8 Å². The van der Waals surface area contributed by atoms with Crippen LogP contribution in [0, 0.1) is 6.92 Å². The molecule has 0 radical (unpaired) electrons. The smallest absolute Gasteiger partial charge is 0.276 e. The highest BCUT2D eigenvalue weighted by molar-refractivity contribution is 7.80. The molecule has 3 rings (SSSR count). The van der Waals surface area contributed by atoms with Crippen LogP contribution in [-0.2, 0) is 4.79 Å². The van der Waals surface area contributed by atoms with E-state index in [9.17, 15) is 9.59 Å². The predicted octanol–water partition coefficient (Wildman–Crippen LogP) is 3.59. The Kier molecular flexibility index (Phi) is 7.09. The van der Waals surface area contributed by atoms with Gasteiger partial charge in [0.25, 0.3) is 11.8 Å². The Bertz CT molecular complexity index is 1100. The van der Waals surface area contributed by atoms with Crippen molar-refractivity contribution in [1.82, 2.24) is 16.2 Å². The van der Waals surface area contributed by atoms with E-state index in [4.69, 9.17) is 33.3 Å². The zero-order valence-corrected chi connectivity index (χ0v) is 18.5. The molecule has 0 bridgehead atoms. The van der Waals surface area contributed by atoms with Crippen molar-refractivity contribution in [2.45, 2.75) is 6.92 Å². The number of halogens is 1. The van der Waals surface area contributed by atoms with E-state index in [2.05, 4.69) is 16.2 Å². The van der Waals surface area contributed by atoms with Gasteiger partial charge in [0.15, 0.2) is 11.7 Å². The molecule has 0 unspecified atom stereocenters. The number of nitrogens with one attached hydrogen (secondary N) is 3. The summed E-state index contributed by atoms with van der Waals surface area (Å²) in [4.78, 5) is 24.7. The normalized spacial score (nSPS) is 10.4. The highest BCUT2D eigenvalue weighted by atomic mass is 35.5. The van der Waals surface area contributed by atoms with Gasteiger partial charge >= 0.3 is 0 Å². The molecule has 0 saturated heterocycles. The maximum Gasteiger partial charge on any atom is 0.276 e. The van der Waals surface area contributed by atoms with Gasteiger partial charge in [-0.25, -0.2) is 0 Å². The van der Waals surface area contributed by atoms with Gasteiger partial charge in [0, 0.05) is 10.1 Å². The summed E-state index contributed by atoms with van der Waals surface area (Å²) in [5, 5.41) is 3.48. The van der Waals surface area contributed by atoms with Crippen molar-refractivity contribution in [1.29, 1.82) is 0 Å². The lowest BCUT2D eigenvalue weighted by molar-refractivity contribution is -0.123. The molecule has 30 heavy (non-hydrogen) atoms. The second kappa shape index (κ2) is 9.75. The molecule has 1 aromatic heterocycles. The standard InChI is InChI=1S/C20H18ClN3O4S2/c1-11-3-5-12(6-4-11)28-10-16(25)23-24-20(29)22-19(26)18-17(21)14-8-7-13(27-2)9-15(14)30-18/h3-9H,10H2,1-2H3,(H,23,25)(H2,22,24,26,29). The van der Waals surface area contributed by atoms with Gasteiger partial charge in [-0.3, -0.25) is 25.8 Å². The van der Waals surface area contributed by atoms with E-state index in [1.807, 2.05) is 19.1 Å². The van der Waals surface area contributed by atoms with Crippen LogP contribution in [0.1, 0.15) is 15.2 Å². The van der Waals surface area contributed by atoms with E-state index in [-0.39, 0.29) is 11.7 Å². The zero-order valence-electron chi connectivity index (χ0n) is 16.1. The first-order valence-corrected chi connectivity index (χ1v) is 10.3. The zero-order chi connectivity index (χ0) is 21.7. The van der Waals surface area contributed by atoms with E-state index in [0.717, 1.165) is 15.6 Å². The van der Waals surface area contributed by atoms with Crippen LogP contribution in [0.25, 0.3) is 10.1 Å². The molecule has 1 heterocycles. The first kappa shape index (κ1) is 21.8. The molecule has 0 atom stereocenters. The van der Waals surface area contributed by atoms with E-state index in [0.29, 0.717) is 21.4 Å². The number of thiocarbonyl (C=S) groups is 1. The van der Waals surface area contributed by atoms with Crippen molar-refractivity contribution in [3.63, 3.8) is 0 Å². The quantitative estimate of drug-likeness (QED) is 0.396. The second-order valence-electron chi connectivity index (χ2n) is 6.17. The van der Waals surface area contributed by atoms with Crippen LogP contribution in [0.5, 0.6) is 11.5 Å². The lowest BCUT2D eigenvalue weighted by Crippen LogP contribution is -2.49. The second-order valence-corrected chi connectivity index (χ2v) is 8.00. The fraction of sp³-hybridized carbons (Fsp3) is 0.150. The average Bonchev–Trinajstić information content (AvgIpc) is 3.07. The molecule has 0 aliphatic heterocycles. The third kappa shape index (κ3) is 5.38. The first-order valence-electron chi connectivity index (χ1n) is 8.73. The highest BCUT2D eigenvalue weighted by Crippen LogP contribution is 2.37. The van der Waals surface area contributed by atoms with Crippen molar-refractivity contribution >= 4 is 62.2 Å². The third-order valence-corrected chi connectivity index (χ3v) is 5.84. The van der Waals surface area contributed by atoms with Crippen molar-refractivity contribution < 1.29 is 19.1 Å². The fourth-order valence-corrected chi connectivity index (χ4v) is 4.04. The van der Waals surface area contributed by atoms with Crippen LogP contribution in [0.4, 0.5) is 0 Å². The molecule has 0 fully saturated rings. The number of hydrogen-bond acceptors (Lipinski definition) is 6. The molecule has 3 aromatic rings. The average molecular weight is 464 g/mol. The van der Waals surface area contributed by atoms with Gasteiger partial charge in [0.1, 0.15) is 16.4 Å². The number of thiophene rings is 1. The summed E-state index contributed by atoms with van der Waals surface area (Å²) in [5.74, 6) is 0.296. The molecule has 0 saturated carbocycles. The largest absolute Gasteiger partial charge is 0.497 e. The number of fused-ring (bicyclic) bond motifs is 1. The number of hydrogen-bond donors (Lipinski definition) is 3. The number of carbonyl (C=O) groups excluding carboxylic acids is 2. The third-order valence-electron chi connectivity index (χ3n) is 3.98. The van der Waals surface area contributed by atoms with Crippen LogP contribution >= 0.6 is 35.2 Å². The minimum absolute atomic E-state index is 0.0743. The van der Waals surface area contributed by atoms with Crippen LogP contribution in [0.15, 0.2) is 42.5 Å². The maximum atomic E-state index is 12.5. The summed E-state index contributed by atoms with van der Waals surface area (Å²) in [6.45, 7) is 1.75. The molecular weight excluding hydrogens is 446 g/mol. The molecule has 3 N–H and O–H groups in total. The summed E-state index contributed by atoms with van der Waals surface area (Å²) < 4.78 is 11.4. The predicted molar refractivity (Wildman–Crippen MR) is 121 cm³/mol. The number of amides is 2. The Morgan fingerprint density at radius 1 is 1.10 bits per heavy atom. The molecule has 0 spiro atoms. The SMILES string of the molecule is COc1ccc2c(Cl)c(C(=O)NC(=S)NNC(=O)COc3ccc(C)cc3)sc2c1. The van der Waals surface area contributed by atoms with Gasteiger partial charge in [-0.2, -0.15) is 0 Å². The molecular formula is C20H18ClN3O4S2. The van der Waals surface area contributed by atoms with Gasteiger partial charge in [-0.1, -0.05) is 29.3 Å². The van der Waals surface area contributed by atoms with E-state index in [1.54, 1.807) is 37.4 Å². The number of aryl methyl sites for hydroxylation is 1. The molecule has 0 aliphatic carbocycles. The molecule has 10 heteroatoms. The number of rotatable bonds is 5. The van der Waals surface area contributed by atoms with Crippen molar-refractivity contribution in [2.24, 2.45) is 0 Å². The summed E-state index contributed by atoms with van der Waals surface area (Å²) in [6, 6.07) is 12.7. The van der Waals surface area contributed by atoms with E-state index in [1.165, 1.54) is 11.3 Å². The summed E-state index contributed by atoms with van der Waals surface area (Å²) in [7, 11) is 1.56. The lowest BCUT2D eigenvalue weighted by atomic mass is 10.2. The van der Waals surface area contributed by atoms with E-state index >= 15 is 0 Å². The lowest BCUT2D eigenvalue weighted by Gasteiger charge is -2.11. The van der Waals surface area contributed by atoms with Gasteiger partial charge < -0.3 is 9.47 Å². The molecule has 7 nitrogen and oxygen atoms in total. The van der Waals surface area contributed by atoms with Crippen LogP contribution in [-0.4, -0.2) is 30.6 Å². The molecule has 156 valence electrons. The number of ether oxygens (including phenoxy) is 2. The summed E-state index contributed by atoms with van der Waals surface area (Å²) in [6.07, 6.45) is 0. The Hall–Kier alpha value is -2.88. The van der Waals surface area contributed by atoms with Crippen molar-refractivity contribution in [3.05, 3.63) is 57.9 Å². The monoisotopic (exact) mass is 463 g/mol. The minimum atomic E-state index is -0.483. The van der Waals surface area contributed by atoms with Crippen molar-refractivity contribution in [3.8, 4) is 11.5 Å². The minimum Gasteiger partial charge on any atom is -0.497 e. The maximum absolute atomic E-state index is 12.5. The first-order chi connectivity index (χ1) is 14.4. The number of benzene rings is 2. The molecule has 0 aliphatic rings. The van der Waals surface area contributed by atoms with Crippen molar-refractivity contribution in [2.75, 3.05) is 13.7 Å². The Morgan fingerprint density at radius 3 is 2.50 bits per heavy atom. The number of hydrazine groups is 1. The van der Waals surface area contributed by atoms with Gasteiger partial charge in [-0.15, -0.1) is 11.3 Å². The number of carbonyl (C=O) groups is 2. The Morgan fingerprint density at radius 2 is 1.80 bits per heavy atom. The van der Waals surface area contributed by atoms with Gasteiger partial charge in [-0.05, 0) is 49.5 Å². The van der Waals surface area contributed by atoms with Crippen LogP contribution in [0.2, 0.25) is 5.02 Å². The Labute approximate surface area is 187 Å². The van der Waals surface area contributed by atoms with Crippen LogP contribution < -0.4 is 25.6 Å². The number of methoxy groups -OCH3 is 1. The summed E-state index contributed by atoms with van der Waals surface area (Å²) in [5.41, 5.74) is 5.91.